The van der Waals surface area contributed by atoms with Gasteiger partial charge in [-0.15, -0.1) is 0 Å². The van der Waals surface area contributed by atoms with Gasteiger partial charge in [-0.25, -0.2) is 4.79 Å². The number of hydrogen-bond acceptors (Lipinski definition) is 2. The lowest BCUT2D eigenvalue weighted by molar-refractivity contribution is -0.138. The Balaban J connectivity index is 3.02. The van der Waals surface area contributed by atoms with E-state index in [4.69, 9.17) is 5.11 Å². The number of nitrogens with zero attached hydrogens (tertiary/aromatic N) is 1. The number of carbonyl (C=O) groups is 1. The first-order valence-electron chi connectivity index (χ1n) is 5.65. The van der Waals surface area contributed by atoms with Crippen LogP contribution in [-0.2, 0) is 11.2 Å². The monoisotopic (exact) mass is 221 g/mol. The summed E-state index contributed by atoms with van der Waals surface area (Å²) in [7, 11) is 1.84. The van der Waals surface area contributed by atoms with E-state index in [0.29, 0.717) is 6.42 Å². The highest BCUT2D eigenvalue weighted by Gasteiger charge is 2.21. The first-order chi connectivity index (χ1) is 7.61. The Kier molecular flexibility index (Phi) is 4.35. The minimum absolute atomic E-state index is 0.451. The Labute approximate surface area is 96.7 Å². The Hall–Kier alpha value is -1.51. The van der Waals surface area contributed by atoms with Crippen molar-refractivity contribution in [1.29, 1.82) is 0 Å². The number of carboxylic acids is 1. The number of likely N-dealkylation sites (N-methyl/N-ethyl adjacent to an activating group) is 1. The molecule has 0 amide bonds. The minimum Gasteiger partial charge on any atom is -0.480 e. The third-order valence-electron chi connectivity index (χ3n) is 2.89. The quantitative estimate of drug-likeness (QED) is 0.830. The second kappa shape index (κ2) is 5.54. The van der Waals surface area contributed by atoms with Gasteiger partial charge < -0.3 is 10.0 Å². The average Bonchev–Trinajstić information content (AvgIpc) is 2.29. The summed E-state index contributed by atoms with van der Waals surface area (Å²) in [4.78, 5) is 13.0. The third kappa shape index (κ3) is 2.54. The van der Waals surface area contributed by atoms with Gasteiger partial charge in [0.05, 0.1) is 0 Å². The Bertz CT molecular complexity index is 363. The maximum absolute atomic E-state index is 11.1. The summed E-state index contributed by atoms with van der Waals surface area (Å²) in [6, 6.07) is 7.50. The molecule has 1 aromatic rings. The SMILES string of the molecule is CCc1ccccc1N(C)[C@@H](CC)C(=O)O. The molecular weight excluding hydrogens is 202 g/mol. The van der Waals surface area contributed by atoms with E-state index in [2.05, 4.69) is 6.92 Å². The van der Waals surface area contributed by atoms with Crippen LogP contribution in [0.15, 0.2) is 24.3 Å². The predicted octanol–water partition coefficient (Wildman–Crippen LogP) is 2.55. The highest BCUT2D eigenvalue weighted by Crippen LogP contribution is 2.22. The van der Waals surface area contributed by atoms with Gasteiger partial charge in [0.25, 0.3) is 0 Å². The fourth-order valence-electron chi connectivity index (χ4n) is 1.94. The molecule has 3 heteroatoms. The van der Waals surface area contributed by atoms with Crippen molar-refractivity contribution in [2.75, 3.05) is 11.9 Å². The molecule has 0 aliphatic carbocycles. The first kappa shape index (κ1) is 12.6. The van der Waals surface area contributed by atoms with Crippen molar-refractivity contribution in [3.8, 4) is 0 Å². The van der Waals surface area contributed by atoms with Crippen molar-refractivity contribution < 1.29 is 9.90 Å². The van der Waals surface area contributed by atoms with E-state index in [0.717, 1.165) is 12.1 Å². The topological polar surface area (TPSA) is 40.5 Å². The molecule has 0 fully saturated rings. The number of hydrogen-bond donors (Lipinski definition) is 1. The van der Waals surface area contributed by atoms with Crippen LogP contribution < -0.4 is 4.90 Å². The molecule has 0 radical (unpaired) electrons. The number of para-hydroxylation sites is 1. The molecule has 0 bridgehead atoms. The molecule has 1 atom stereocenters. The van der Waals surface area contributed by atoms with E-state index in [-0.39, 0.29) is 0 Å². The van der Waals surface area contributed by atoms with E-state index in [1.807, 2.05) is 43.1 Å². The second-order valence-electron chi connectivity index (χ2n) is 3.86. The van der Waals surface area contributed by atoms with Gasteiger partial charge in [-0.1, -0.05) is 32.0 Å². The smallest absolute Gasteiger partial charge is 0.326 e. The number of aliphatic carboxylic acids is 1. The van der Waals surface area contributed by atoms with E-state index >= 15 is 0 Å². The fourth-order valence-corrected chi connectivity index (χ4v) is 1.94. The van der Waals surface area contributed by atoms with Crippen LogP contribution in [0, 0.1) is 0 Å². The van der Waals surface area contributed by atoms with Gasteiger partial charge in [0, 0.05) is 12.7 Å². The lowest BCUT2D eigenvalue weighted by atomic mass is 10.1. The van der Waals surface area contributed by atoms with Crippen LogP contribution in [0.1, 0.15) is 25.8 Å². The van der Waals surface area contributed by atoms with Gasteiger partial charge in [0.2, 0.25) is 0 Å². The number of rotatable bonds is 5. The lowest BCUT2D eigenvalue weighted by Crippen LogP contribution is -2.38. The zero-order chi connectivity index (χ0) is 12.1. The molecule has 0 heterocycles. The van der Waals surface area contributed by atoms with Crippen LogP contribution in [0.5, 0.6) is 0 Å². The average molecular weight is 221 g/mol. The van der Waals surface area contributed by atoms with Crippen molar-refractivity contribution in [1.82, 2.24) is 0 Å². The van der Waals surface area contributed by atoms with Gasteiger partial charge in [-0.3, -0.25) is 0 Å². The maximum Gasteiger partial charge on any atom is 0.326 e. The Morgan fingerprint density at radius 2 is 2.00 bits per heavy atom. The van der Waals surface area contributed by atoms with E-state index in [9.17, 15) is 4.79 Å². The Morgan fingerprint density at radius 1 is 1.38 bits per heavy atom. The van der Waals surface area contributed by atoms with Crippen molar-refractivity contribution in [3.05, 3.63) is 29.8 Å². The van der Waals surface area contributed by atoms with E-state index in [1.165, 1.54) is 5.56 Å². The van der Waals surface area contributed by atoms with Crippen molar-refractivity contribution >= 4 is 11.7 Å². The number of aryl methyl sites for hydroxylation is 1. The predicted molar refractivity (Wildman–Crippen MR) is 65.9 cm³/mol. The molecule has 0 unspecified atom stereocenters. The van der Waals surface area contributed by atoms with Gasteiger partial charge in [-0.05, 0) is 24.5 Å². The highest BCUT2D eigenvalue weighted by atomic mass is 16.4. The van der Waals surface area contributed by atoms with Gasteiger partial charge >= 0.3 is 5.97 Å². The highest BCUT2D eigenvalue weighted by molar-refractivity contribution is 5.78. The first-order valence-corrected chi connectivity index (χ1v) is 5.65. The molecule has 88 valence electrons. The fraction of sp³-hybridized carbons (Fsp3) is 0.462. The summed E-state index contributed by atoms with van der Waals surface area (Å²) in [5.74, 6) is -0.768. The third-order valence-corrected chi connectivity index (χ3v) is 2.89. The number of benzene rings is 1. The summed E-state index contributed by atoms with van der Waals surface area (Å²) in [5.41, 5.74) is 2.20. The van der Waals surface area contributed by atoms with Crippen LogP contribution in [-0.4, -0.2) is 24.2 Å². The second-order valence-corrected chi connectivity index (χ2v) is 3.86. The molecular formula is C13H19NO2. The molecule has 16 heavy (non-hydrogen) atoms. The molecule has 3 nitrogen and oxygen atoms in total. The number of carboxylic acid groups (broad SMARTS) is 1. The van der Waals surface area contributed by atoms with Gasteiger partial charge in [0.1, 0.15) is 6.04 Å². The summed E-state index contributed by atoms with van der Waals surface area (Å²) in [6.45, 7) is 3.97. The minimum atomic E-state index is -0.768. The molecule has 1 N–H and O–H groups in total. The maximum atomic E-state index is 11.1. The van der Waals surface area contributed by atoms with Crippen LogP contribution in [0.2, 0.25) is 0 Å². The molecule has 0 aliphatic rings. The largest absolute Gasteiger partial charge is 0.480 e. The molecule has 0 aliphatic heterocycles. The van der Waals surface area contributed by atoms with Crippen LogP contribution in [0.25, 0.3) is 0 Å². The summed E-state index contributed by atoms with van der Waals surface area (Å²) in [5, 5.41) is 9.13. The summed E-state index contributed by atoms with van der Waals surface area (Å²) < 4.78 is 0. The van der Waals surface area contributed by atoms with Crippen molar-refractivity contribution in [2.45, 2.75) is 32.7 Å². The summed E-state index contributed by atoms with van der Waals surface area (Å²) >= 11 is 0. The zero-order valence-electron chi connectivity index (χ0n) is 10.1. The van der Waals surface area contributed by atoms with Crippen LogP contribution in [0.3, 0.4) is 0 Å². The van der Waals surface area contributed by atoms with Crippen molar-refractivity contribution in [2.24, 2.45) is 0 Å². The standard InChI is InChI=1S/C13H19NO2/c1-4-10-8-6-7-9-12(10)14(3)11(5-2)13(15)16/h6-9,11H,4-5H2,1-3H3,(H,15,16)/t11-/m0/s1. The zero-order valence-corrected chi connectivity index (χ0v) is 10.1. The number of anilines is 1. The van der Waals surface area contributed by atoms with E-state index in [1.54, 1.807) is 0 Å². The molecule has 1 aromatic carbocycles. The molecule has 0 spiro atoms. The van der Waals surface area contributed by atoms with Gasteiger partial charge in [-0.2, -0.15) is 0 Å². The van der Waals surface area contributed by atoms with Crippen LogP contribution >= 0.6 is 0 Å². The van der Waals surface area contributed by atoms with Crippen molar-refractivity contribution in [3.63, 3.8) is 0 Å². The van der Waals surface area contributed by atoms with Crippen LogP contribution in [0.4, 0.5) is 5.69 Å². The molecule has 0 aromatic heterocycles. The molecule has 0 saturated heterocycles. The Morgan fingerprint density at radius 3 is 2.50 bits per heavy atom. The van der Waals surface area contributed by atoms with Gasteiger partial charge in [0.15, 0.2) is 0 Å². The lowest BCUT2D eigenvalue weighted by Gasteiger charge is -2.27. The molecule has 1 rings (SSSR count). The van der Waals surface area contributed by atoms with E-state index < -0.39 is 12.0 Å². The molecule has 0 saturated carbocycles. The normalized spacial score (nSPS) is 12.2. The summed E-state index contributed by atoms with van der Waals surface area (Å²) in [6.07, 6.45) is 1.51.